The van der Waals surface area contributed by atoms with Crippen LogP contribution in [-0.4, -0.2) is 0 Å². The molecule has 24 heavy (non-hydrogen) atoms. The second-order valence-corrected chi connectivity index (χ2v) is 6.08. The first-order chi connectivity index (χ1) is 11.8. The van der Waals surface area contributed by atoms with Crippen molar-refractivity contribution >= 4 is 11.6 Å². The minimum absolute atomic E-state index is 0.592. The molecule has 0 atom stereocenters. The highest BCUT2D eigenvalue weighted by Gasteiger charge is 1.98. The Morgan fingerprint density at radius 2 is 1.25 bits per heavy atom. The Bertz CT molecular complexity index is 739. The van der Waals surface area contributed by atoms with Gasteiger partial charge in [-0.1, -0.05) is 66.2 Å². The van der Waals surface area contributed by atoms with Gasteiger partial charge in [0.05, 0.1) is 0 Å². The van der Waals surface area contributed by atoms with Crippen LogP contribution in [0.4, 0.5) is 0 Å². The average molecular weight is 338 g/mol. The molecule has 0 aliphatic carbocycles. The number of hydrogen-bond donors (Lipinski definition) is 1. The Kier molecular flexibility index (Phi) is 5.89. The molecular weight excluding hydrogens is 318 g/mol. The molecule has 0 saturated carbocycles. The highest BCUT2D eigenvalue weighted by Crippen LogP contribution is 2.14. The third kappa shape index (κ3) is 5.12. The zero-order valence-electron chi connectivity index (χ0n) is 13.4. The molecule has 0 saturated heterocycles. The van der Waals surface area contributed by atoms with Gasteiger partial charge in [-0.05, 0) is 41.0 Å². The summed E-state index contributed by atoms with van der Waals surface area (Å²) in [4.78, 5) is 0. The van der Waals surface area contributed by atoms with Crippen molar-refractivity contribution in [1.29, 1.82) is 0 Å². The quantitative estimate of drug-likeness (QED) is 0.639. The van der Waals surface area contributed by atoms with E-state index >= 15 is 0 Å². The van der Waals surface area contributed by atoms with Crippen LogP contribution in [0, 0.1) is 0 Å². The molecule has 0 bridgehead atoms. The molecule has 2 nitrogen and oxygen atoms in total. The van der Waals surface area contributed by atoms with E-state index in [9.17, 15) is 0 Å². The van der Waals surface area contributed by atoms with E-state index in [1.54, 1.807) is 0 Å². The molecule has 3 rings (SSSR count). The van der Waals surface area contributed by atoms with Gasteiger partial charge in [0, 0.05) is 18.1 Å². The van der Waals surface area contributed by atoms with Gasteiger partial charge in [-0.15, -0.1) is 0 Å². The van der Waals surface area contributed by atoms with Gasteiger partial charge in [0.25, 0.3) is 0 Å². The van der Waals surface area contributed by atoms with Crippen LogP contribution in [0.5, 0.6) is 5.75 Å². The summed E-state index contributed by atoms with van der Waals surface area (Å²) in [5, 5.41) is 4.20. The molecular formula is C21H20ClNO. The number of halogens is 1. The molecule has 3 aromatic rings. The highest BCUT2D eigenvalue weighted by atomic mass is 35.5. The number of rotatable bonds is 7. The Balaban J connectivity index is 1.45. The molecule has 0 unspecified atom stereocenters. The lowest BCUT2D eigenvalue weighted by atomic mass is 10.2. The van der Waals surface area contributed by atoms with Crippen molar-refractivity contribution < 1.29 is 4.74 Å². The van der Waals surface area contributed by atoms with Crippen LogP contribution < -0.4 is 10.1 Å². The summed E-state index contributed by atoms with van der Waals surface area (Å²) < 4.78 is 5.80. The minimum Gasteiger partial charge on any atom is -0.489 e. The lowest BCUT2D eigenvalue weighted by Crippen LogP contribution is -2.12. The number of ether oxygens (including phenoxy) is 1. The Morgan fingerprint density at radius 3 is 1.88 bits per heavy atom. The number of hydrogen-bond acceptors (Lipinski definition) is 2. The topological polar surface area (TPSA) is 21.3 Å². The second-order valence-electron chi connectivity index (χ2n) is 5.65. The molecule has 0 aliphatic rings. The summed E-state index contributed by atoms with van der Waals surface area (Å²) in [5.74, 6) is 0.889. The van der Waals surface area contributed by atoms with Crippen molar-refractivity contribution in [3.05, 3.63) is 101 Å². The molecule has 1 N–H and O–H groups in total. The van der Waals surface area contributed by atoms with Gasteiger partial charge < -0.3 is 10.1 Å². The van der Waals surface area contributed by atoms with Crippen molar-refractivity contribution in [1.82, 2.24) is 5.32 Å². The molecule has 0 aromatic heterocycles. The zero-order chi connectivity index (χ0) is 16.6. The van der Waals surface area contributed by atoms with Gasteiger partial charge in [-0.25, -0.2) is 0 Å². The van der Waals surface area contributed by atoms with Crippen molar-refractivity contribution in [2.45, 2.75) is 19.7 Å². The predicted octanol–water partition coefficient (Wildman–Crippen LogP) is 5.21. The monoisotopic (exact) mass is 337 g/mol. The molecule has 0 amide bonds. The first kappa shape index (κ1) is 16.6. The maximum absolute atomic E-state index is 5.89. The third-order valence-corrected chi connectivity index (χ3v) is 4.00. The average Bonchev–Trinajstić information content (AvgIpc) is 2.64. The summed E-state index contributed by atoms with van der Waals surface area (Å²) >= 11 is 5.89. The van der Waals surface area contributed by atoms with Crippen LogP contribution in [0.3, 0.4) is 0 Å². The number of benzene rings is 3. The highest BCUT2D eigenvalue weighted by molar-refractivity contribution is 6.30. The van der Waals surface area contributed by atoms with Crippen LogP contribution in [0.15, 0.2) is 78.9 Å². The van der Waals surface area contributed by atoms with E-state index in [0.29, 0.717) is 6.61 Å². The summed E-state index contributed by atoms with van der Waals surface area (Å²) in [6.45, 7) is 2.24. The zero-order valence-corrected chi connectivity index (χ0v) is 14.2. The third-order valence-electron chi connectivity index (χ3n) is 3.74. The van der Waals surface area contributed by atoms with Crippen LogP contribution in [-0.2, 0) is 19.7 Å². The van der Waals surface area contributed by atoms with E-state index in [-0.39, 0.29) is 0 Å². The maximum atomic E-state index is 5.89. The fourth-order valence-corrected chi connectivity index (χ4v) is 2.52. The van der Waals surface area contributed by atoms with E-state index in [4.69, 9.17) is 16.3 Å². The fourth-order valence-electron chi connectivity index (χ4n) is 2.40. The van der Waals surface area contributed by atoms with E-state index < -0.39 is 0 Å². The first-order valence-electron chi connectivity index (χ1n) is 8.00. The molecule has 0 spiro atoms. The molecule has 3 heteroatoms. The van der Waals surface area contributed by atoms with Gasteiger partial charge >= 0.3 is 0 Å². The van der Waals surface area contributed by atoms with E-state index in [2.05, 4.69) is 29.6 Å². The minimum atomic E-state index is 0.592. The van der Waals surface area contributed by atoms with Crippen molar-refractivity contribution in [3.63, 3.8) is 0 Å². The Labute approximate surface area is 148 Å². The van der Waals surface area contributed by atoms with E-state index in [1.807, 2.05) is 54.6 Å². The standard InChI is InChI=1S/C21H20ClNO/c22-20-10-6-17(7-11-20)14-23-15-18-8-12-21(13-9-18)24-16-19-4-2-1-3-5-19/h1-13,23H,14-16H2. The molecule has 0 aliphatic heterocycles. The smallest absolute Gasteiger partial charge is 0.119 e. The summed E-state index contributed by atoms with van der Waals surface area (Å²) in [6.07, 6.45) is 0. The van der Waals surface area contributed by atoms with Crippen molar-refractivity contribution in [2.24, 2.45) is 0 Å². The predicted molar refractivity (Wildman–Crippen MR) is 99.2 cm³/mol. The van der Waals surface area contributed by atoms with Crippen LogP contribution in [0.1, 0.15) is 16.7 Å². The molecule has 0 radical (unpaired) electrons. The second kappa shape index (κ2) is 8.53. The normalized spacial score (nSPS) is 10.5. The first-order valence-corrected chi connectivity index (χ1v) is 8.38. The van der Waals surface area contributed by atoms with Crippen LogP contribution >= 0.6 is 11.6 Å². The molecule has 0 heterocycles. The van der Waals surface area contributed by atoms with E-state index in [0.717, 1.165) is 23.9 Å². The van der Waals surface area contributed by atoms with E-state index in [1.165, 1.54) is 16.7 Å². The summed E-state index contributed by atoms with van der Waals surface area (Å²) in [5.41, 5.74) is 3.63. The lowest BCUT2D eigenvalue weighted by Gasteiger charge is -2.08. The van der Waals surface area contributed by atoms with Gasteiger partial charge in [-0.2, -0.15) is 0 Å². The Hall–Kier alpha value is -2.29. The van der Waals surface area contributed by atoms with Crippen LogP contribution in [0.25, 0.3) is 0 Å². The lowest BCUT2D eigenvalue weighted by molar-refractivity contribution is 0.306. The van der Waals surface area contributed by atoms with Crippen molar-refractivity contribution in [2.75, 3.05) is 0 Å². The van der Waals surface area contributed by atoms with Gasteiger partial charge in [0.2, 0.25) is 0 Å². The number of nitrogens with one attached hydrogen (secondary N) is 1. The summed E-state index contributed by atoms with van der Waals surface area (Å²) in [7, 11) is 0. The van der Waals surface area contributed by atoms with Gasteiger partial charge in [0.15, 0.2) is 0 Å². The van der Waals surface area contributed by atoms with Gasteiger partial charge in [-0.3, -0.25) is 0 Å². The fraction of sp³-hybridized carbons (Fsp3) is 0.143. The summed E-state index contributed by atoms with van der Waals surface area (Å²) in [6, 6.07) is 26.3. The SMILES string of the molecule is Clc1ccc(CNCc2ccc(OCc3ccccc3)cc2)cc1. The maximum Gasteiger partial charge on any atom is 0.119 e. The van der Waals surface area contributed by atoms with Crippen molar-refractivity contribution in [3.8, 4) is 5.75 Å². The molecule has 0 fully saturated rings. The molecule has 3 aromatic carbocycles. The Morgan fingerprint density at radius 1 is 0.667 bits per heavy atom. The molecule has 122 valence electrons. The van der Waals surface area contributed by atoms with Gasteiger partial charge in [0.1, 0.15) is 12.4 Å². The van der Waals surface area contributed by atoms with Crippen LogP contribution in [0.2, 0.25) is 5.02 Å². The largest absolute Gasteiger partial charge is 0.489 e.